The Morgan fingerprint density at radius 2 is 1.78 bits per heavy atom. The predicted molar refractivity (Wildman–Crippen MR) is 96.8 cm³/mol. The average molecular weight is 387 g/mol. The van der Waals surface area contributed by atoms with Crippen LogP contribution in [0.3, 0.4) is 0 Å². The van der Waals surface area contributed by atoms with Crippen LogP contribution in [0.2, 0.25) is 0 Å². The minimum Gasteiger partial charge on any atom is -0.388 e. The van der Waals surface area contributed by atoms with Crippen LogP contribution in [0.25, 0.3) is 0 Å². The van der Waals surface area contributed by atoms with Crippen LogP contribution in [0.15, 0.2) is 6.20 Å². The fourth-order valence-corrected chi connectivity index (χ4v) is 2.82. The van der Waals surface area contributed by atoms with Gasteiger partial charge in [0.15, 0.2) is 6.29 Å². The van der Waals surface area contributed by atoms with Gasteiger partial charge in [0.2, 0.25) is 0 Å². The summed E-state index contributed by atoms with van der Waals surface area (Å²) in [5.74, 6) is 0. The van der Waals surface area contributed by atoms with Crippen molar-refractivity contribution in [1.29, 1.82) is 0 Å². The molecule has 1 saturated heterocycles. The Morgan fingerprint density at radius 1 is 1.07 bits per heavy atom. The number of hydrogen-bond donors (Lipinski definition) is 3. The maximum atomic E-state index is 9.86. The molecule has 0 spiro atoms. The van der Waals surface area contributed by atoms with Crippen LogP contribution in [0.1, 0.15) is 58.2 Å². The zero-order chi connectivity index (χ0) is 19.8. The van der Waals surface area contributed by atoms with Gasteiger partial charge in [-0.1, -0.05) is 18.1 Å². The van der Waals surface area contributed by atoms with Crippen LogP contribution in [-0.4, -0.2) is 74.2 Å². The van der Waals surface area contributed by atoms with Gasteiger partial charge in [0, 0.05) is 19.3 Å². The van der Waals surface area contributed by atoms with Gasteiger partial charge >= 0.3 is 0 Å². The lowest BCUT2D eigenvalue weighted by atomic mass is 10.0. The molecule has 9 heteroatoms. The highest BCUT2D eigenvalue weighted by Gasteiger charge is 2.42. The van der Waals surface area contributed by atoms with Crippen molar-refractivity contribution < 1.29 is 29.5 Å². The second-order valence-electron chi connectivity index (χ2n) is 7.30. The maximum absolute atomic E-state index is 9.86. The molecular weight excluding hydrogens is 354 g/mol. The van der Waals surface area contributed by atoms with Crippen molar-refractivity contribution in [2.75, 3.05) is 13.2 Å². The summed E-state index contributed by atoms with van der Waals surface area (Å²) in [6, 6.07) is 0.296. The van der Waals surface area contributed by atoms with Gasteiger partial charge in [-0.3, -0.25) is 0 Å². The first-order valence-corrected chi connectivity index (χ1v) is 9.70. The van der Waals surface area contributed by atoms with Gasteiger partial charge in [-0.05, 0) is 33.6 Å². The summed E-state index contributed by atoms with van der Waals surface area (Å²) in [6.07, 6.45) is 0.579. The molecule has 1 aromatic rings. The number of unbranched alkanes of at least 4 members (excludes halogenated alkanes) is 3. The second-order valence-corrected chi connectivity index (χ2v) is 7.30. The van der Waals surface area contributed by atoms with E-state index < -0.39 is 30.7 Å². The molecule has 2 rings (SSSR count). The van der Waals surface area contributed by atoms with Crippen LogP contribution in [0, 0.1) is 0 Å². The van der Waals surface area contributed by atoms with E-state index in [4.69, 9.17) is 14.2 Å². The molecule has 0 bridgehead atoms. The number of aliphatic hydroxyl groups excluding tert-OH is 3. The summed E-state index contributed by atoms with van der Waals surface area (Å²) < 4.78 is 18.3. The zero-order valence-electron chi connectivity index (χ0n) is 16.4. The van der Waals surface area contributed by atoms with E-state index in [-0.39, 0.29) is 0 Å². The van der Waals surface area contributed by atoms with Crippen molar-refractivity contribution in [2.24, 2.45) is 0 Å². The maximum Gasteiger partial charge on any atom is 0.186 e. The molecule has 156 valence electrons. The molecule has 1 aliphatic heterocycles. The third kappa shape index (κ3) is 6.78. The van der Waals surface area contributed by atoms with Crippen LogP contribution < -0.4 is 0 Å². The summed E-state index contributed by atoms with van der Waals surface area (Å²) in [4.78, 5) is 0. The largest absolute Gasteiger partial charge is 0.388 e. The highest BCUT2D eigenvalue weighted by molar-refractivity contribution is 4.90. The molecule has 9 nitrogen and oxygen atoms in total. The fourth-order valence-electron chi connectivity index (χ4n) is 2.82. The van der Waals surface area contributed by atoms with Crippen LogP contribution in [0.5, 0.6) is 0 Å². The van der Waals surface area contributed by atoms with Gasteiger partial charge in [-0.25, -0.2) is 4.68 Å². The molecule has 1 fully saturated rings. The molecule has 0 aliphatic carbocycles. The number of aromatic nitrogens is 3. The van der Waals surface area contributed by atoms with E-state index in [0.717, 1.165) is 31.4 Å². The number of ether oxygens (including phenoxy) is 3. The molecule has 0 amide bonds. The van der Waals surface area contributed by atoms with Gasteiger partial charge < -0.3 is 29.5 Å². The molecule has 27 heavy (non-hydrogen) atoms. The van der Waals surface area contributed by atoms with E-state index in [1.54, 1.807) is 6.92 Å². The first kappa shape index (κ1) is 22.2. The standard InChI is InChI=1S/C18H33N3O6/c1-12(2)21-10-14(19-20-21)11-25-8-6-4-5-7-9-26-18-17(24)16(23)15(22)13(3)27-18/h10,12-13,15-18,22-24H,4-9,11H2,1-3H3/t13?,15-,16+,17?,18-/m1/s1. The minimum atomic E-state index is -1.25. The molecule has 0 saturated carbocycles. The van der Waals surface area contributed by atoms with Gasteiger partial charge in [0.1, 0.15) is 24.0 Å². The first-order valence-electron chi connectivity index (χ1n) is 9.70. The Hall–Kier alpha value is -1.10. The van der Waals surface area contributed by atoms with Crippen LogP contribution in [0.4, 0.5) is 0 Å². The van der Waals surface area contributed by atoms with Crippen LogP contribution in [-0.2, 0) is 20.8 Å². The summed E-state index contributed by atoms with van der Waals surface area (Å²) >= 11 is 0. The van der Waals surface area contributed by atoms with Crippen molar-refractivity contribution in [3.05, 3.63) is 11.9 Å². The number of rotatable bonds is 11. The van der Waals surface area contributed by atoms with Gasteiger partial charge in [-0.2, -0.15) is 0 Å². The monoisotopic (exact) mass is 387 g/mol. The van der Waals surface area contributed by atoms with E-state index in [2.05, 4.69) is 24.2 Å². The Kier molecular flexibility index (Phi) is 9.07. The van der Waals surface area contributed by atoms with Crippen molar-refractivity contribution in [1.82, 2.24) is 15.0 Å². The van der Waals surface area contributed by atoms with E-state index in [0.29, 0.717) is 25.9 Å². The quantitative estimate of drug-likeness (QED) is 0.477. The summed E-state index contributed by atoms with van der Waals surface area (Å²) in [7, 11) is 0. The summed E-state index contributed by atoms with van der Waals surface area (Å²) in [5, 5.41) is 37.3. The Labute approximate surface area is 160 Å². The van der Waals surface area contributed by atoms with Gasteiger partial charge in [-0.15, -0.1) is 5.10 Å². The Balaban J connectivity index is 1.48. The SMILES string of the molecule is CC1O[C@@H](OCCCCCCOCc2cn(C(C)C)nn2)C(O)[C@@H](O)[C@@H]1O. The molecule has 5 atom stereocenters. The number of hydrogen-bond acceptors (Lipinski definition) is 8. The zero-order valence-corrected chi connectivity index (χ0v) is 16.4. The molecule has 1 aliphatic rings. The van der Waals surface area contributed by atoms with Gasteiger partial charge in [0.25, 0.3) is 0 Å². The van der Waals surface area contributed by atoms with E-state index in [1.807, 2.05) is 10.9 Å². The first-order chi connectivity index (χ1) is 12.9. The van der Waals surface area contributed by atoms with Crippen molar-refractivity contribution in [3.8, 4) is 0 Å². The van der Waals surface area contributed by atoms with Crippen molar-refractivity contribution in [3.63, 3.8) is 0 Å². The van der Waals surface area contributed by atoms with Crippen molar-refractivity contribution in [2.45, 2.75) is 89.8 Å². The molecule has 2 heterocycles. The Morgan fingerprint density at radius 3 is 2.44 bits per heavy atom. The Bertz CT molecular complexity index is 541. The van der Waals surface area contributed by atoms with Gasteiger partial charge in [0.05, 0.1) is 18.9 Å². The normalized spacial score (nSPS) is 28.8. The third-order valence-corrected chi connectivity index (χ3v) is 4.61. The topological polar surface area (TPSA) is 119 Å². The van der Waals surface area contributed by atoms with Crippen LogP contribution >= 0.6 is 0 Å². The minimum absolute atomic E-state index is 0.296. The average Bonchev–Trinajstić information content (AvgIpc) is 3.11. The lowest BCUT2D eigenvalue weighted by Gasteiger charge is -2.38. The molecular formula is C18H33N3O6. The van der Waals surface area contributed by atoms with E-state index in [1.165, 1.54) is 0 Å². The van der Waals surface area contributed by atoms with E-state index in [9.17, 15) is 15.3 Å². The summed E-state index contributed by atoms with van der Waals surface area (Å²) in [5.41, 5.74) is 0.838. The second kappa shape index (κ2) is 11.0. The van der Waals surface area contributed by atoms with Crippen molar-refractivity contribution >= 4 is 0 Å². The molecule has 0 radical (unpaired) electrons. The number of nitrogens with zero attached hydrogens (tertiary/aromatic N) is 3. The third-order valence-electron chi connectivity index (χ3n) is 4.61. The fraction of sp³-hybridized carbons (Fsp3) is 0.889. The molecule has 3 N–H and O–H groups in total. The molecule has 1 aromatic heterocycles. The molecule has 2 unspecified atom stereocenters. The lowest BCUT2D eigenvalue weighted by molar-refractivity contribution is -0.293. The number of aliphatic hydroxyl groups is 3. The highest BCUT2D eigenvalue weighted by Crippen LogP contribution is 2.22. The van der Waals surface area contributed by atoms with E-state index >= 15 is 0 Å². The smallest absolute Gasteiger partial charge is 0.186 e. The lowest BCUT2D eigenvalue weighted by Crippen LogP contribution is -2.57. The summed E-state index contributed by atoms with van der Waals surface area (Å²) in [6.45, 7) is 7.31. The predicted octanol–water partition coefficient (Wildman–Crippen LogP) is 0.780. The highest BCUT2D eigenvalue weighted by atomic mass is 16.7. The molecule has 0 aromatic carbocycles.